The molecule has 80 valence electrons. The molecule has 0 fully saturated rings. The van der Waals surface area contributed by atoms with Crippen LogP contribution in [0.1, 0.15) is 11.4 Å². The van der Waals surface area contributed by atoms with E-state index in [1.807, 2.05) is 0 Å². The van der Waals surface area contributed by atoms with Crippen LogP contribution in [0.4, 0.5) is 13.2 Å². The molecule has 0 atom stereocenters. The Labute approximate surface area is 87.5 Å². The molecular weight excluding hydrogens is 231 g/mol. The van der Waals surface area contributed by atoms with Gasteiger partial charge in [-0.25, -0.2) is 9.50 Å². The summed E-state index contributed by atoms with van der Waals surface area (Å²) >= 11 is 5.58. The van der Waals surface area contributed by atoms with E-state index in [4.69, 9.17) is 11.6 Å². The fourth-order valence-corrected chi connectivity index (χ4v) is 1.53. The first kappa shape index (κ1) is 10.2. The van der Waals surface area contributed by atoms with Crippen LogP contribution in [-0.4, -0.2) is 14.6 Å². The third-order valence-corrected chi connectivity index (χ3v) is 2.21. The molecule has 2 aromatic heterocycles. The van der Waals surface area contributed by atoms with Gasteiger partial charge in [-0.15, -0.1) is 0 Å². The van der Waals surface area contributed by atoms with Gasteiger partial charge in [0.1, 0.15) is 11.0 Å². The molecule has 0 aliphatic carbocycles. The van der Waals surface area contributed by atoms with Crippen LogP contribution < -0.4 is 0 Å². The molecule has 3 nitrogen and oxygen atoms in total. The Balaban J connectivity index is 2.75. The van der Waals surface area contributed by atoms with Crippen molar-refractivity contribution in [1.82, 2.24) is 14.6 Å². The number of alkyl halides is 3. The lowest BCUT2D eigenvalue weighted by Gasteiger charge is -2.08. The average Bonchev–Trinajstić information content (AvgIpc) is 2.44. The average molecular weight is 236 g/mol. The van der Waals surface area contributed by atoms with Crippen LogP contribution in [0, 0.1) is 6.92 Å². The SMILES string of the molecule is Cc1nc2ccc(C(F)(F)F)c(Cl)n2n1. The largest absolute Gasteiger partial charge is 0.419 e. The molecule has 0 aromatic carbocycles. The Bertz CT molecular complexity index is 518. The van der Waals surface area contributed by atoms with Crippen molar-refractivity contribution in [3.05, 3.63) is 28.7 Å². The zero-order valence-electron chi connectivity index (χ0n) is 7.51. The Morgan fingerprint density at radius 1 is 1.33 bits per heavy atom. The molecule has 2 heterocycles. The van der Waals surface area contributed by atoms with Crippen molar-refractivity contribution in [3.63, 3.8) is 0 Å². The molecule has 2 aromatic rings. The third kappa shape index (κ3) is 1.65. The third-order valence-electron chi connectivity index (χ3n) is 1.85. The fraction of sp³-hybridized carbons (Fsp3) is 0.250. The number of aryl methyl sites for hydroxylation is 1. The summed E-state index contributed by atoms with van der Waals surface area (Å²) in [5.74, 6) is 0.372. The lowest BCUT2D eigenvalue weighted by molar-refractivity contribution is -0.137. The lowest BCUT2D eigenvalue weighted by atomic mass is 10.3. The normalized spacial score (nSPS) is 12.3. The number of hydrogen-bond acceptors (Lipinski definition) is 2. The Hall–Kier alpha value is -1.30. The minimum atomic E-state index is -4.48. The number of pyridine rings is 1. The first-order valence-electron chi connectivity index (χ1n) is 3.98. The van der Waals surface area contributed by atoms with Crippen molar-refractivity contribution in [1.29, 1.82) is 0 Å². The van der Waals surface area contributed by atoms with Crippen LogP contribution in [0.3, 0.4) is 0 Å². The topological polar surface area (TPSA) is 30.2 Å². The highest BCUT2D eigenvalue weighted by molar-refractivity contribution is 6.30. The standard InChI is InChI=1S/C8H5ClF3N3/c1-4-13-6-3-2-5(8(10,11)12)7(9)15(6)14-4/h2-3H,1H3. The van der Waals surface area contributed by atoms with Crippen LogP contribution in [-0.2, 0) is 6.18 Å². The highest BCUT2D eigenvalue weighted by Crippen LogP contribution is 2.34. The molecule has 0 aliphatic heterocycles. The number of hydrogen-bond donors (Lipinski definition) is 0. The molecule has 0 saturated heterocycles. The lowest BCUT2D eigenvalue weighted by Crippen LogP contribution is -2.08. The first-order chi connectivity index (χ1) is 6.89. The number of fused-ring (bicyclic) bond motifs is 1. The summed E-state index contributed by atoms with van der Waals surface area (Å²) in [4.78, 5) is 3.90. The van der Waals surface area contributed by atoms with Gasteiger partial charge in [-0.1, -0.05) is 11.6 Å². The van der Waals surface area contributed by atoms with Crippen molar-refractivity contribution < 1.29 is 13.2 Å². The van der Waals surface area contributed by atoms with Gasteiger partial charge in [0.25, 0.3) is 0 Å². The van der Waals surface area contributed by atoms with E-state index in [-0.39, 0.29) is 0 Å². The van der Waals surface area contributed by atoms with Crippen LogP contribution in [0.25, 0.3) is 5.65 Å². The molecule has 15 heavy (non-hydrogen) atoms. The Morgan fingerprint density at radius 3 is 2.60 bits per heavy atom. The van der Waals surface area contributed by atoms with Crippen LogP contribution in [0.2, 0.25) is 5.15 Å². The van der Waals surface area contributed by atoms with E-state index in [9.17, 15) is 13.2 Å². The predicted molar refractivity (Wildman–Crippen MR) is 47.7 cm³/mol. The van der Waals surface area contributed by atoms with Gasteiger partial charge < -0.3 is 0 Å². The number of rotatable bonds is 0. The maximum Gasteiger partial charge on any atom is 0.419 e. The van der Waals surface area contributed by atoms with Gasteiger partial charge in [-0.2, -0.15) is 18.3 Å². The van der Waals surface area contributed by atoms with Gasteiger partial charge in [-0.05, 0) is 19.1 Å². The van der Waals surface area contributed by atoms with Gasteiger partial charge in [-0.3, -0.25) is 0 Å². The summed E-state index contributed by atoms with van der Waals surface area (Å²) in [6.45, 7) is 1.58. The number of aromatic nitrogens is 3. The molecule has 0 spiro atoms. The van der Waals surface area contributed by atoms with Crippen molar-refractivity contribution in [2.45, 2.75) is 13.1 Å². The van der Waals surface area contributed by atoms with E-state index < -0.39 is 16.9 Å². The van der Waals surface area contributed by atoms with Crippen LogP contribution in [0.15, 0.2) is 12.1 Å². The number of nitrogens with zero attached hydrogens (tertiary/aromatic N) is 3. The quantitative estimate of drug-likeness (QED) is 0.657. The molecule has 2 rings (SSSR count). The van der Waals surface area contributed by atoms with Gasteiger partial charge in [0.15, 0.2) is 5.65 Å². The zero-order valence-corrected chi connectivity index (χ0v) is 8.26. The van der Waals surface area contributed by atoms with Gasteiger partial charge >= 0.3 is 6.18 Å². The molecule has 0 amide bonds. The molecule has 0 unspecified atom stereocenters. The second kappa shape index (κ2) is 3.10. The van der Waals surface area contributed by atoms with E-state index in [0.717, 1.165) is 10.6 Å². The zero-order chi connectivity index (χ0) is 11.2. The van der Waals surface area contributed by atoms with E-state index in [2.05, 4.69) is 10.1 Å². The van der Waals surface area contributed by atoms with Crippen molar-refractivity contribution in [2.24, 2.45) is 0 Å². The second-order valence-corrected chi connectivity index (χ2v) is 3.32. The molecule has 7 heteroatoms. The van der Waals surface area contributed by atoms with Crippen molar-refractivity contribution >= 4 is 17.2 Å². The summed E-state index contributed by atoms with van der Waals surface area (Å²) in [5, 5.41) is 3.29. The molecule has 0 aliphatic rings. The van der Waals surface area contributed by atoms with Crippen molar-refractivity contribution in [3.8, 4) is 0 Å². The first-order valence-corrected chi connectivity index (χ1v) is 4.36. The summed E-state index contributed by atoms with van der Waals surface area (Å²) in [5.41, 5.74) is -0.618. The van der Waals surface area contributed by atoms with E-state index >= 15 is 0 Å². The minimum Gasteiger partial charge on any atom is -0.212 e. The second-order valence-electron chi connectivity index (χ2n) is 2.96. The van der Waals surface area contributed by atoms with Gasteiger partial charge in [0, 0.05) is 0 Å². The molecule has 0 radical (unpaired) electrons. The van der Waals surface area contributed by atoms with Crippen LogP contribution in [0.5, 0.6) is 0 Å². The molecule has 0 saturated carbocycles. The van der Waals surface area contributed by atoms with E-state index in [0.29, 0.717) is 11.5 Å². The highest BCUT2D eigenvalue weighted by atomic mass is 35.5. The van der Waals surface area contributed by atoms with E-state index in [1.54, 1.807) is 6.92 Å². The van der Waals surface area contributed by atoms with Crippen LogP contribution >= 0.6 is 11.6 Å². The summed E-state index contributed by atoms with van der Waals surface area (Å²) in [6.07, 6.45) is -4.48. The predicted octanol–water partition coefficient (Wildman–Crippen LogP) is 2.71. The fourth-order valence-electron chi connectivity index (χ4n) is 1.24. The number of halogens is 4. The summed E-state index contributed by atoms with van der Waals surface area (Å²) in [7, 11) is 0. The maximum absolute atomic E-state index is 12.4. The summed E-state index contributed by atoms with van der Waals surface area (Å²) < 4.78 is 38.3. The molecule has 0 N–H and O–H groups in total. The van der Waals surface area contributed by atoms with Gasteiger partial charge in [0.2, 0.25) is 0 Å². The van der Waals surface area contributed by atoms with E-state index in [1.165, 1.54) is 6.07 Å². The Kier molecular flexibility index (Phi) is 2.11. The minimum absolute atomic E-state index is 0.297. The molecule has 0 bridgehead atoms. The monoisotopic (exact) mass is 235 g/mol. The maximum atomic E-state index is 12.4. The Morgan fingerprint density at radius 2 is 2.00 bits per heavy atom. The van der Waals surface area contributed by atoms with Crippen molar-refractivity contribution in [2.75, 3.05) is 0 Å². The van der Waals surface area contributed by atoms with Gasteiger partial charge in [0.05, 0.1) is 5.56 Å². The smallest absolute Gasteiger partial charge is 0.212 e. The molecular formula is C8H5ClF3N3. The highest BCUT2D eigenvalue weighted by Gasteiger charge is 2.34. The summed E-state index contributed by atoms with van der Waals surface area (Å²) in [6, 6.07) is 2.13.